The van der Waals surface area contributed by atoms with E-state index in [1.807, 2.05) is 24.3 Å². The van der Waals surface area contributed by atoms with Gasteiger partial charge in [0.25, 0.3) is 0 Å². The van der Waals surface area contributed by atoms with Gasteiger partial charge in [0, 0.05) is 13.1 Å². The molecule has 1 aromatic rings. The van der Waals surface area contributed by atoms with Gasteiger partial charge in [-0.1, -0.05) is 25.5 Å². The Morgan fingerprint density at radius 3 is 2.45 bits per heavy atom. The molecular weight excluding hydrogens is 284 g/mol. The number of benzene rings is 1. The molecule has 6 nitrogen and oxygen atoms in total. The average Bonchev–Trinajstić information content (AvgIpc) is 2.49. The maximum atomic E-state index is 11.4. The zero-order valence-corrected chi connectivity index (χ0v) is 12.9. The van der Waals surface area contributed by atoms with Crippen molar-refractivity contribution >= 4 is 12.0 Å². The van der Waals surface area contributed by atoms with Gasteiger partial charge in [-0.3, -0.25) is 4.79 Å². The molecule has 6 heteroatoms. The van der Waals surface area contributed by atoms with Crippen LogP contribution in [0, 0.1) is 0 Å². The second-order valence-corrected chi connectivity index (χ2v) is 4.92. The van der Waals surface area contributed by atoms with Crippen LogP contribution >= 0.6 is 0 Å². The summed E-state index contributed by atoms with van der Waals surface area (Å²) >= 11 is 0. The van der Waals surface area contributed by atoms with Crippen LogP contribution in [0.2, 0.25) is 0 Å². The van der Waals surface area contributed by atoms with Gasteiger partial charge < -0.3 is 20.5 Å². The first-order chi connectivity index (χ1) is 10.6. The highest BCUT2D eigenvalue weighted by Gasteiger charge is 2.02. The number of carbonyl (C=O) groups is 2. The molecule has 0 fully saturated rings. The van der Waals surface area contributed by atoms with Crippen molar-refractivity contribution in [1.29, 1.82) is 0 Å². The third-order valence-corrected chi connectivity index (χ3v) is 3.01. The molecule has 0 bridgehead atoms. The first-order valence-electron chi connectivity index (χ1n) is 7.57. The molecule has 0 heterocycles. The number of nitrogens with one attached hydrogen (secondary N) is 2. The fourth-order valence-corrected chi connectivity index (χ4v) is 1.75. The highest BCUT2D eigenvalue weighted by molar-refractivity contribution is 5.74. The summed E-state index contributed by atoms with van der Waals surface area (Å²) in [5, 5.41) is 13.6. The van der Waals surface area contributed by atoms with E-state index in [4.69, 9.17) is 9.84 Å². The standard InChI is InChI=1S/C16H24N2O4/c1-2-3-12-22-14-6-4-13(5-7-14)8-10-17-16(21)18-11-9-15(19)20/h4-7H,2-3,8-12H2,1H3,(H,19,20)(H2,17,18,21). The van der Waals surface area contributed by atoms with Crippen molar-refractivity contribution in [1.82, 2.24) is 10.6 Å². The maximum absolute atomic E-state index is 11.4. The SMILES string of the molecule is CCCCOc1ccc(CCNC(=O)NCCC(=O)O)cc1. The van der Waals surface area contributed by atoms with Gasteiger partial charge in [-0.05, 0) is 30.5 Å². The van der Waals surface area contributed by atoms with Crippen LogP contribution in [0.4, 0.5) is 4.79 Å². The van der Waals surface area contributed by atoms with Crippen molar-refractivity contribution in [2.75, 3.05) is 19.7 Å². The van der Waals surface area contributed by atoms with E-state index in [-0.39, 0.29) is 19.0 Å². The Labute approximate surface area is 130 Å². The first-order valence-corrected chi connectivity index (χ1v) is 7.57. The Balaban J connectivity index is 2.19. The van der Waals surface area contributed by atoms with Gasteiger partial charge >= 0.3 is 12.0 Å². The van der Waals surface area contributed by atoms with Crippen LogP contribution in [0.5, 0.6) is 5.75 Å². The summed E-state index contributed by atoms with van der Waals surface area (Å²) in [7, 11) is 0. The Morgan fingerprint density at radius 1 is 1.14 bits per heavy atom. The monoisotopic (exact) mass is 308 g/mol. The summed E-state index contributed by atoms with van der Waals surface area (Å²) in [5.41, 5.74) is 1.11. The fraction of sp³-hybridized carbons (Fsp3) is 0.500. The van der Waals surface area contributed by atoms with E-state index >= 15 is 0 Å². The molecule has 0 atom stereocenters. The Bertz CT molecular complexity index is 460. The van der Waals surface area contributed by atoms with E-state index < -0.39 is 5.97 Å². The lowest BCUT2D eigenvalue weighted by atomic mass is 10.1. The van der Waals surface area contributed by atoms with Crippen LogP contribution in [-0.4, -0.2) is 36.8 Å². The number of carboxylic acids is 1. The van der Waals surface area contributed by atoms with Gasteiger partial charge in [0.1, 0.15) is 5.75 Å². The predicted octanol–water partition coefficient (Wildman–Crippen LogP) is 2.18. The third kappa shape index (κ3) is 8.14. The largest absolute Gasteiger partial charge is 0.494 e. The molecule has 1 aromatic carbocycles. The summed E-state index contributed by atoms with van der Waals surface area (Å²) in [5.74, 6) is -0.0712. The molecule has 0 unspecified atom stereocenters. The normalized spacial score (nSPS) is 10.0. The van der Waals surface area contributed by atoms with Crippen molar-refractivity contribution in [3.63, 3.8) is 0 Å². The summed E-state index contributed by atoms with van der Waals surface area (Å²) in [6, 6.07) is 7.47. The molecule has 122 valence electrons. The van der Waals surface area contributed by atoms with Gasteiger partial charge in [0.05, 0.1) is 13.0 Å². The lowest BCUT2D eigenvalue weighted by molar-refractivity contribution is -0.136. The van der Waals surface area contributed by atoms with Crippen molar-refractivity contribution in [3.8, 4) is 5.75 Å². The summed E-state index contributed by atoms with van der Waals surface area (Å²) in [6.45, 7) is 3.48. The lowest BCUT2D eigenvalue weighted by Crippen LogP contribution is -2.37. The quantitative estimate of drug-likeness (QED) is 0.578. The molecule has 3 N–H and O–H groups in total. The molecule has 0 saturated heterocycles. The number of ether oxygens (including phenoxy) is 1. The zero-order valence-electron chi connectivity index (χ0n) is 12.9. The van der Waals surface area contributed by atoms with Crippen molar-refractivity contribution in [3.05, 3.63) is 29.8 Å². The molecule has 0 aromatic heterocycles. The lowest BCUT2D eigenvalue weighted by Gasteiger charge is -2.08. The number of carbonyl (C=O) groups excluding carboxylic acids is 1. The second kappa shape index (κ2) is 10.5. The molecular formula is C16H24N2O4. The molecule has 2 amide bonds. The number of urea groups is 1. The molecule has 0 radical (unpaired) electrons. The Morgan fingerprint density at radius 2 is 1.82 bits per heavy atom. The maximum Gasteiger partial charge on any atom is 0.314 e. The number of hydrogen-bond acceptors (Lipinski definition) is 3. The van der Waals surface area contributed by atoms with E-state index in [0.29, 0.717) is 13.0 Å². The minimum atomic E-state index is -0.929. The number of aliphatic carboxylic acids is 1. The number of hydrogen-bond donors (Lipinski definition) is 3. The molecule has 0 aliphatic carbocycles. The van der Waals surface area contributed by atoms with E-state index in [0.717, 1.165) is 30.8 Å². The van der Waals surface area contributed by atoms with Gasteiger partial charge in [-0.2, -0.15) is 0 Å². The van der Waals surface area contributed by atoms with Crippen molar-refractivity contribution in [2.45, 2.75) is 32.6 Å². The topological polar surface area (TPSA) is 87.7 Å². The highest BCUT2D eigenvalue weighted by Crippen LogP contribution is 2.12. The number of carboxylic acid groups (broad SMARTS) is 1. The number of amides is 2. The second-order valence-electron chi connectivity index (χ2n) is 4.92. The fourth-order valence-electron chi connectivity index (χ4n) is 1.75. The third-order valence-electron chi connectivity index (χ3n) is 3.01. The number of rotatable bonds is 10. The van der Waals surface area contributed by atoms with Gasteiger partial charge in [-0.25, -0.2) is 4.79 Å². The Kier molecular flexibility index (Phi) is 8.49. The van der Waals surface area contributed by atoms with Crippen molar-refractivity contribution < 1.29 is 19.4 Å². The summed E-state index contributed by atoms with van der Waals surface area (Å²) in [4.78, 5) is 21.7. The van der Waals surface area contributed by atoms with Crippen LogP contribution < -0.4 is 15.4 Å². The Hall–Kier alpha value is -2.24. The summed E-state index contributed by atoms with van der Waals surface area (Å²) < 4.78 is 5.58. The molecule has 0 aliphatic heterocycles. The number of unbranched alkanes of at least 4 members (excludes halogenated alkanes) is 1. The summed E-state index contributed by atoms with van der Waals surface area (Å²) in [6.07, 6.45) is 2.79. The van der Waals surface area contributed by atoms with Gasteiger partial charge in [-0.15, -0.1) is 0 Å². The van der Waals surface area contributed by atoms with Gasteiger partial charge in [0.2, 0.25) is 0 Å². The van der Waals surface area contributed by atoms with Crippen molar-refractivity contribution in [2.24, 2.45) is 0 Å². The van der Waals surface area contributed by atoms with Gasteiger partial charge in [0.15, 0.2) is 0 Å². The van der Waals surface area contributed by atoms with Crippen LogP contribution in [0.1, 0.15) is 31.7 Å². The smallest absolute Gasteiger partial charge is 0.314 e. The first kappa shape index (κ1) is 17.8. The highest BCUT2D eigenvalue weighted by atomic mass is 16.5. The average molecular weight is 308 g/mol. The minimum absolute atomic E-state index is 0.0765. The molecule has 22 heavy (non-hydrogen) atoms. The van der Waals surface area contributed by atoms with E-state index in [2.05, 4.69) is 17.6 Å². The zero-order chi connectivity index (χ0) is 16.2. The van der Waals surface area contributed by atoms with Crippen LogP contribution in [0.3, 0.4) is 0 Å². The van der Waals surface area contributed by atoms with Crippen LogP contribution in [0.25, 0.3) is 0 Å². The van der Waals surface area contributed by atoms with Crippen LogP contribution in [0.15, 0.2) is 24.3 Å². The predicted molar refractivity (Wildman–Crippen MR) is 84.2 cm³/mol. The molecule has 0 spiro atoms. The van der Waals surface area contributed by atoms with E-state index in [9.17, 15) is 9.59 Å². The van der Waals surface area contributed by atoms with Crippen LogP contribution in [-0.2, 0) is 11.2 Å². The molecule has 0 saturated carbocycles. The van der Waals surface area contributed by atoms with E-state index in [1.165, 1.54) is 0 Å². The molecule has 1 rings (SSSR count). The minimum Gasteiger partial charge on any atom is -0.494 e. The van der Waals surface area contributed by atoms with E-state index in [1.54, 1.807) is 0 Å². The molecule has 0 aliphatic rings.